The second kappa shape index (κ2) is 15.1. The van der Waals surface area contributed by atoms with Crippen LogP contribution in [0.4, 0.5) is 5.69 Å². The highest BCUT2D eigenvalue weighted by molar-refractivity contribution is 6.23. The Bertz CT molecular complexity index is 2300. The third kappa shape index (κ3) is 6.79. The summed E-state index contributed by atoms with van der Waals surface area (Å²) in [6.45, 7) is 4.37. The molecule has 2 saturated heterocycles. The van der Waals surface area contributed by atoms with E-state index in [-0.39, 0.29) is 36.5 Å². The van der Waals surface area contributed by atoms with E-state index in [2.05, 4.69) is 80.7 Å². The van der Waals surface area contributed by atoms with Crippen LogP contribution in [-0.4, -0.2) is 87.6 Å². The van der Waals surface area contributed by atoms with Crippen molar-refractivity contribution in [1.82, 2.24) is 20.0 Å². The number of fused-ring (bicyclic) bond motifs is 3. The molecule has 0 radical (unpaired) electrons. The molecule has 4 heterocycles. The molecule has 0 bridgehead atoms. The quantitative estimate of drug-likeness (QED) is 0.232. The van der Waals surface area contributed by atoms with Gasteiger partial charge in [0.2, 0.25) is 17.7 Å². The first kappa shape index (κ1) is 37.5. The second-order valence-electron chi connectivity index (χ2n) is 17.3. The van der Waals surface area contributed by atoms with Crippen molar-refractivity contribution in [3.05, 3.63) is 129 Å². The van der Waals surface area contributed by atoms with Crippen LogP contribution in [0, 0.1) is 5.92 Å². The number of piperidine rings is 1. The van der Waals surface area contributed by atoms with Gasteiger partial charge in [0.1, 0.15) is 11.8 Å². The maximum atomic E-state index is 13.8. The maximum absolute atomic E-state index is 13.8. The number of carbonyl (C=O) groups excluding carboxylic acids is 5. The lowest BCUT2D eigenvalue weighted by molar-refractivity contribution is -0.138. The monoisotopic (exact) mass is 791 g/mol. The number of hydrogen-bond acceptors (Lipinski definition) is 8. The van der Waals surface area contributed by atoms with Crippen molar-refractivity contribution in [2.24, 2.45) is 5.92 Å². The van der Waals surface area contributed by atoms with E-state index in [1.54, 1.807) is 0 Å². The van der Waals surface area contributed by atoms with Crippen LogP contribution < -0.4 is 10.2 Å². The Balaban J connectivity index is 0.731. The molecule has 2 aliphatic carbocycles. The third-order valence-corrected chi connectivity index (χ3v) is 14.1. The van der Waals surface area contributed by atoms with Gasteiger partial charge in [-0.3, -0.25) is 39.1 Å². The van der Waals surface area contributed by atoms with Crippen molar-refractivity contribution in [2.45, 2.75) is 88.4 Å². The number of nitrogens with one attached hydrogen (secondary N) is 1. The van der Waals surface area contributed by atoms with Crippen molar-refractivity contribution in [1.29, 1.82) is 0 Å². The summed E-state index contributed by atoms with van der Waals surface area (Å²) < 4.78 is 0. The molecule has 11 nitrogen and oxygen atoms in total. The predicted octanol–water partition coefficient (Wildman–Crippen LogP) is 5.88. The van der Waals surface area contributed by atoms with Gasteiger partial charge in [-0.05, 0) is 121 Å². The standard InChI is InChI=1S/C48H49N5O6/c54-37-15-17-39-32(24-37)10-16-38(29-4-2-1-3-5-29)44(39)30-6-11-35(12-7-30)50-20-22-51(23-21-50)46(57)31-8-13-36(14-9-31)52-27-33-25-40-41(26-34(33)28-52)48(59)53(47(40)58)42-18-19-43(55)49-45(42)56/h1-7,11-12,15,17,24-26,31,36,38,42,44,54H,8-10,13-14,16,18-23,27-28H2,(H,49,55,56). The maximum Gasteiger partial charge on any atom is 0.262 e. The van der Waals surface area contributed by atoms with E-state index < -0.39 is 23.8 Å². The zero-order chi connectivity index (χ0) is 40.4. The zero-order valence-corrected chi connectivity index (χ0v) is 33.1. The van der Waals surface area contributed by atoms with Gasteiger partial charge in [-0.25, -0.2) is 0 Å². The number of nitrogens with zero attached hydrogens (tertiary/aromatic N) is 4. The SMILES string of the molecule is O=C1CCC(N2C(=O)c3cc4c(cc3C2=O)CN(C2CCC(C(=O)N3CCN(c5ccc(C6c7ccc(O)cc7CCC6c6ccccc6)cc5)CC3)CC2)C4)C(=O)N1. The number of phenols is 1. The van der Waals surface area contributed by atoms with Gasteiger partial charge >= 0.3 is 0 Å². The van der Waals surface area contributed by atoms with Gasteiger partial charge in [0, 0.05) is 69.3 Å². The highest BCUT2D eigenvalue weighted by Crippen LogP contribution is 2.47. The number of carbonyl (C=O) groups is 5. The first-order valence-corrected chi connectivity index (χ1v) is 21.3. The van der Waals surface area contributed by atoms with Crippen LogP contribution in [-0.2, 0) is 33.9 Å². The lowest BCUT2D eigenvalue weighted by Gasteiger charge is -2.40. The average molecular weight is 792 g/mol. The molecule has 3 atom stereocenters. The Morgan fingerprint density at radius 2 is 1.34 bits per heavy atom. The van der Waals surface area contributed by atoms with Gasteiger partial charge in [-0.2, -0.15) is 0 Å². The van der Waals surface area contributed by atoms with Crippen molar-refractivity contribution in [3.8, 4) is 5.75 Å². The number of amides is 5. The summed E-state index contributed by atoms with van der Waals surface area (Å²) in [5.74, 6) is -0.752. The van der Waals surface area contributed by atoms with Crippen molar-refractivity contribution < 1.29 is 29.1 Å². The number of benzene rings is 4. The van der Waals surface area contributed by atoms with Crippen LogP contribution in [0.5, 0.6) is 5.75 Å². The minimum Gasteiger partial charge on any atom is -0.508 e. The number of aryl methyl sites for hydroxylation is 1. The molecular formula is C48H49N5O6. The van der Waals surface area contributed by atoms with Crippen LogP contribution in [0.3, 0.4) is 0 Å². The zero-order valence-electron chi connectivity index (χ0n) is 33.1. The molecule has 11 heteroatoms. The van der Waals surface area contributed by atoms with E-state index in [0.29, 0.717) is 55.0 Å². The van der Waals surface area contributed by atoms with E-state index >= 15 is 0 Å². The van der Waals surface area contributed by atoms with Gasteiger partial charge in [0.25, 0.3) is 11.8 Å². The molecule has 3 fully saturated rings. The lowest BCUT2D eigenvalue weighted by Crippen LogP contribution is -2.54. The van der Waals surface area contributed by atoms with Crippen LogP contribution in [0.1, 0.15) is 111 Å². The molecule has 2 N–H and O–H groups in total. The molecule has 302 valence electrons. The molecule has 3 unspecified atom stereocenters. The summed E-state index contributed by atoms with van der Waals surface area (Å²) in [5.41, 5.74) is 9.04. The van der Waals surface area contributed by atoms with E-state index in [0.717, 1.165) is 67.6 Å². The van der Waals surface area contributed by atoms with Crippen LogP contribution in [0.25, 0.3) is 0 Å². The Morgan fingerprint density at radius 1 is 0.661 bits per heavy atom. The largest absolute Gasteiger partial charge is 0.508 e. The molecule has 10 rings (SSSR count). The Labute approximate surface area is 344 Å². The highest BCUT2D eigenvalue weighted by Gasteiger charge is 2.46. The highest BCUT2D eigenvalue weighted by atomic mass is 16.3. The predicted molar refractivity (Wildman–Crippen MR) is 221 cm³/mol. The molecule has 59 heavy (non-hydrogen) atoms. The molecule has 4 aromatic rings. The number of anilines is 1. The first-order chi connectivity index (χ1) is 28.7. The van der Waals surface area contributed by atoms with Gasteiger partial charge in [-0.15, -0.1) is 0 Å². The second-order valence-corrected chi connectivity index (χ2v) is 17.3. The number of aromatic hydroxyl groups is 1. The minimum atomic E-state index is -0.969. The number of piperazine rings is 1. The van der Waals surface area contributed by atoms with Crippen molar-refractivity contribution >= 4 is 35.2 Å². The van der Waals surface area contributed by atoms with Crippen LogP contribution >= 0.6 is 0 Å². The Kier molecular flexibility index (Phi) is 9.58. The number of phenolic OH excluding ortho intramolecular Hbond substituents is 1. The van der Waals surface area contributed by atoms with Gasteiger partial charge in [0.05, 0.1) is 11.1 Å². The molecule has 4 aromatic carbocycles. The molecule has 1 saturated carbocycles. The smallest absolute Gasteiger partial charge is 0.262 e. The summed E-state index contributed by atoms with van der Waals surface area (Å²) >= 11 is 0. The molecule has 6 aliphatic rings. The van der Waals surface area contributed by atoms with Gasteiger partial charge in [-0.1, -0.05) is 48.5 Å². The summed E-state index contributed by atoms with van der Waals surface area (Å²) in [7, 11) is 0. The average Bonchev–Trinajstić information content (AvgIpc) is 3.79. The topological polar surface area (TPSA) is 131 Å². The van der Waals surface area contributed by atoms with Crippen molar-refractivity contribution in [3.63, 3.8) is 0 Å². The lowest BCUT2D eigenvalue weighted by atomic mass is 9.69. The molecule has 0 aromatic heterocycles. The normalized spacial score (nSPS) is 25.8. The minimum absolute atomic E-state index is 0.0252. The first-order valence-electron chi connectivity index (χ1n) is 21.3. The fraction of sp³-hybridized carbons (Fsp3) is 0.396. The summed E-state index contributed by atoms with van der Waals surface area (Å²) in [5, 5.41) is 12.5. The Hall–Kier alpha value is -5.81. The third-order valence-electron chi connectivity index (χ3n) is 14.1. The summed E-state index contributed by atoms with van der Waals surface area (Å²) in [4.78, 5) is 72.6. The van der Waals surface area contributed by atoms with Gasteiger partial charge < -0.3 is 14.9 Å². The summed E-state index contributed by atoms with van der Waals surface area (Å²) in [6.07, 6.45) is 5.76. The van der Waals surface area contributed by atoms with Crippen LogP contribution in [0.15, 0.2) is 84.9 Å². The molecule has 0 spiro atoms. The fourth-order valence-electron chi connectivity index (χ4n) is 11.0. The molecular weight excluding hydrogens is 743 g/mol. The Morgan fingerprint density at radius 3 is 2.00 bits per heavy atom. The number of hydrogen-bond donors (Lipinski definition) is 2. The van der Waals surface area contributed by atoms with Gasteiger partial charge in [0.15, 0.2) is 0 Å². The summed E-state index contributed by atoms with van der Waals surface area (Å²) in [6, 6.07) is 28.7. The number of imide groups is 2. The molecule has 5 amide bonds. The van der Waals surface area contributed by atoms with E-state index in [4.69, 9.17) is 0 Å². The molecule has 4 aliphatic heterocycles. The van der Waals surface area contributed by atoms with E-state index in [1.165, 1.54) is 27.9 Å². The van der Waals surface area contributed by atoms with E-state index in [1.807, 2.05) is 24.3 Å². The number of rotatable bonds is 6. The van der Waals surface area contributed by atoms with E-state index in [9.17, 15) is 29.1 Å². The van der Waals surface area contributed by atoms with Crippen LogP contribution in [0.2, 0.25) is 0 Å². The van der Waals surface area contributed by atoms with Crippen molar-refractivity contribution in [2.75, 3.05) is 31.1 Å². The fourth-order valence-corrected chi connectivity index (χ4v) is 11.0.